The zero-order chi connectivity index (χ0) is 35.6. The second-order valence-corrected chi connectivity index (χ2v) is 14.5. The van der Waals surface area contributed by atoms with E-state index in [9.17, 15) is 0 Å². The highest BCUT2D eigenvalue weighted by Gasteiger charge is 2.16. The molecule has 11 aromatic rings. The SMILES string of the molecule is c1ccc(-c2ccc3ccc(-c4cc5cc(-c6ccc7ccc(-c8cccc9ccccc89)cc7c6)c6ccccc6c5c5ccccc45)cc3c2)cc1. The molecule has 0 amide bonds. The smallest absolute Gasteiger partial charge is 0.00259 e. The van der Waals surface area contributed by atoms with Gasteiger partial charge in [0, 0.05) is 0 Å². The maximum atomic E-state index is 2.43. The first-order valence-corrected chi connectivity index (χ1v) is 18.7. The van der Waals surface area contributed by atoms with E-state index >= 15 is 0 Å². The average molecular weight is 683 g/mol. The second kappa shape index (κ2) is 12.3. The van der Waals surface area contributed by atoms with Gasteiger partial charge in [0.2, 0.25) is 0 Å². The molecule has 0 aliphatic carbocycles. The molecule has 0 aliphatic rings. The molecule has 11 rings (SSSR count). The van der Waals surface area contributed by atoms with Crippen LogP contribution in [0, 0.1) is 0 Å². The van der Waals surface area contributed by atoms with E-state index in [0.717, 1.165) is 0 Å². The molecule has 0 heterocycles. The van der Waals surface area contributed by atoms with Crippen molar-refractivity contribution in [2.75, 3.05) is 0 Å². The Bertz CT molecular complexity index is 3250. The Kier molecular flexibility index (Phi) is 6.97. The fraction of sp³-hybridized carbons (Fsp3) is 0. The monoisotopic (exact) mass is 682 g/mol. The van der Waals surface area contributed by atoms with Gasteiger partial charge in [-0.1, -0.05) is 170 Å². The van der Waals surface area contributed by atoms with Crippen molar-refractivity contribution in [2.45, 2.75) is 0 Å². The van der Waals surface area contributed by atoms with Gasteiger partial charge in [0.25, 0.3) is 0 Å². The van der Waals surface area contributed by atoms with Gasteiger partial charge >= 0.3 is 0 Å². The first kappa shape index (κ1) is 30.6. The third kappa shape index (κ3) is 4.99. The largest absolute Gasteiger partial charge is 0.0622 e. The van der Waals surface area contributed by atoms with Gasteiger partial charge in [0.1, 0.15) is 0 Å². The third-order valence-corrected chi connectivity index (χ3v) is 11.4. The van der Waals surface area contributed by atoms with Gasteiger partial charge in [-0.15, -0.1) is 0 Å². The number of rotatable bonds is 4. The topological polar surface area (TPSA) is 0 Å². The molecule has 250 valence electrons. The molecule has 0 radical (unpaired) electrons. The Morgan fingerprint density at radius 2 is 0.630 bits per heavy atom. The maximum absolute atomic E-state index is 2.43. The molecular weight excluding hydrogens is 649 g/mol. The van der Waals surface area contributed by atoms with Crippen LogP contribution in [0.1, 0.15) is 0 Å². The second-order valence-electron chi connectivity index (χ2n) is 14.5. The molecule has 0 fully saturated rings. The summed E-state index contributed by atoms with van der Waals surface area (Å²) >= 11 is 0. The van der Waals surface area contributed by atoms with Crippen LogP contribution in [0.5, 0.6) is 0 Å². The number of hydrogen-bond donors (Lipinski definition) is 0. The summed E-state index contributed by atoms with van der Waals surface area (Å²) in [7, 11) is 0. The zero-order valence-electron chi connectivity index (χ0n) is 29.6. The van der Waals surface area contributed by atoms with E-state index in [1.165, 1.54) is 109 Å². The minimum Gasteiger partial charge on any atom is -0.0622 e. The van der Waals surface area contributed by atoms with E-state index in [4.69, 9.17) is 0 Å². The van der Waals surface area contributed by atoms with Crippen LogP contribution < -0.4 is 0 Å². The Balaban J connectivity index is 1.11. The van der Waals surface area contributed by atoms with Crippen LogP contribution in [0.2, 0.25) is 0 Å². The van der Waals surface area contributed by atoms with E-state index in [2.05, 4.69) is 206 Å². The van der Waals surface area contributed by atoms with Crippen LogP contribution in [0.25, 0.3) is 109 Å². The van der Waals surface area contributed by atoms with E-state index in [1.54, 1.807) is 0 Å². The minimum atomic E-state index is 1.23. The average Bonchev–Trinajstić information content (AvgIpc) is 3.25. The van der Waals surface area contributed by atoms with Gasteiger partial charge in [-0.25, -0.2) is 0 Å². The van der Waals surface area contributed by atoms with Crippen molar-refractivity contribution < 1.29 is 0 Å². The Hall–Kier alpha value is -7.02. The molecule has 0 heteroatoms. The standard InChI is InChI=1S/C54H34/c1-2-11-35(12-3-1)39-25-21-36-23-27-41(31-43(36)29-39)52-33-45-34-53(49-17-7-9-19-51(49)54(45)50-18-8-6-16-48(50)52)42-28-24-37-22-26-40(30-44(37)32-42)47-20-10-14-38-13-4-5-15-46(38)47/h1-34H. The molecule has 0 aromatic heterocycles. The molecule has 0 nitrogen and oxygen atoms in total. The lowest BCUT2D eigenvalue weighted by molar-refractivity contribution is 1.64. The fourth-order valence-electron chi connectivity index (χ4n) is 8.74. The summed E-state index contributed by atoms with van der Waals surface area (Å²) in [5.41, 5.74) is 9.94. The van der Waals surface area contributed by atoms with Crippen molar-refractivity contribution in [3.05, 3.63) is 206 Å². The lowest BCUT2D eigenvalue weighted by Crippen LogP contribution is -1.90. The van der Waals surface area contributed by atoms with Crippen LogP contribution in [-0.2, 0) is 0 Å². The van der Waals surface area contributed by atoms with E-state index < -0.39 is 0 Å². The molecule has 0 atom stereocenters. The minimum absolute atomic E-state index is 1.23. The normalized spacial score (nSPS) is 11.7. The van der Waals surface area contributed by atoms with Gasteiger partial charge in [-0.3, -0.25) is 0 Å². The predicted molar refractivity (Wildman–Crippen MR) is 233 cm³/mol. The number of fused-ring (bicyclic) bond motifs is 8. The van der Waals surface area contributed by atoms with Crippen LogP contribution >= 0.6 is 0 Å². The highest BCUT2D eigenvalue weighted by Crippen LogP contribution is 2.43. The zero-order valence-corrected chi connectivity index (χ0v) is 29.6. The Morgan fingerprint density at radius 1 is 0.185 bits per heavy atom. The summed E-state index contributed by atoms with van der Waals surface area (Å²) in [5, 5.41) is 15.2. The van der Waals surface area contributed by atoms with Crippen molar-refractivity contribution in [3.63, 3.8) is 0 Å². The Morgan fingerprint density at radius 3 is 1.22 bits per heavy atom. The Labute approximate surface area is 314 Å². The van der Waals surface area contributed by atoms with Crippen LogP contribution in [0.3, 0.4) is 0 Å². The summed E-state index contributed by atoms with van der Waals surface area (Å²) in [6.07, 6.45) is 0. The van der Waals surface area contributed by atoms with Gasteiger partial charge in [-0.05, 0) is 146 Å². The quantitative estimate of drug-likeness (QED) is 0.162. The van der Waals surface area contributed by atoms with Gasteiger partial charge in [0.15, 0.2) is 0 Å². The molecule has 0 saturated heterocycles. The van der Waals surface area contributed by atoms with Crippen molar-refractivity contribution in [1.82, 2.24) is 0 Å². The summed E-state index contributed by atoms with van der Waals surface area (Å²) in [6.45, 7) is 0. The molecule has 0 saturated carbocycles. The number of hydrogen-bond acceptors (Lipinski definition) is 0. The highest BCUT2D eigenvalue weighted by molar-refractivity contribution is 6.26. The van der Waals surface area contributed by atoms with E-state index in [1.807, 2.05) is 0 Å². The maximum Gasteiger partial charge on any atom is -0.00259 e. The van der Waals surface area contributed by atoms with E-state index in [-0.39, 0.29) is 0 Å². The fourth-order valence-corrected chi connectivity index (χ4v) is 8.74. The van der Waals surface area contributed by atoms with Crippen molar-refractivity contribution >= 4 is 64.6 Å². The number of benzene rings is 11. The third-order valence-electron chi connectivity index (χ3n) is 11.4. The lowest BCUT2D eigenvalue weighted by Gasteiger charge is -2.17. The van der Waals surface area contributed by atoms with Gasteiger partial charge in [-0.2, -0.15) is 0 Å². The first-order chi connectivity index (χ1) is 26.7. The molecule has 0 unspecified atom stereocenters. The summed E-state index contributed by atoms with van der Waals surface area (Å²) in [6, 6.07) is 76.2. The molecular formula is C54H34. The van der Waals surface area contributed by atoms with Crippen molar-refractivity contribution in [1.29, 1.82) is 0 Å². The van der Waals surface area contributed by atoms with Crippen LogP contribution in [-0.4, -0.2) is 0 Å². The van der Waals surface area contributed by atoms with Crippen LogP contribution in [0.15, 0.2) is 206 Å². The lowest BCUT2D eigenvalue weighted by atomic mass is 9.87. The molecule has 0 aliphatic heterocycles. The van der Waals surface area contributed by atoms with Crippen molar-refractivity contribution in [2.24, 2.45) is 0 Å². The predicted octanol–water partition coefficient (Wildman–Crippen LogP) is 15.3. The highest BCUT2D eigenvalue weighted by atomic mass is 14.2. The molecule has 11 aromatic carbocycles. The van der Waals surface area contributed by atoms with Gasteiger partial charge in [0.05, 0.1) is 0 Å². The molecule has 0 bridgehead atoms. The van der Waals surface area contributed by atoms with Gasteiger partial charge < -0.3 is 0 Å². The summed E-state index contributed by atoms with van der Waals surface area (Å²) in [5.74, 6) is 0. The molecule has 54 heavy (non-hydrogen) atoms. The molecule has 0 spiro atoms. The summed E-state index contributed by atoms with van der Waals surface area (Å²) in [4.78, 5) is 0. The van der Waals surface area contributed by atoms with Crippen molar-refractivity contribution in [3.8, 4) is 44.5 Å². The summed E-state index contributed by atoms with van der Waals surface area (Å²) < 4.78 is 0. The van der Waals surface area contributed by atoms with Crippen LogP contribution in [0.4, 0.5) is 0 Å². The van der Waals surface area contributed by atoms with E-state index in [0.29, 0.717) is 0 Å². The first-order valence-electron chi connectivity index (χ1n) is 18.7. The molecule has 0 N–H and O–H groups in total.